The second kappa shape index (κ2) is 8.12. The molecule has 0 radical (unpaired) electrons. The van der Waals surface area contributed by atoms with Gasteiger partial charge in [0.25, 0.3) is 0 Å². The van der Waals surface area contributed by atoms with E-state index in [4.69, 9.17) is 9.84 Å². The molecule has 1 saturated heterocycles. The number of hydrogen-bond donors (Lipinski definition) is 2. The van der Waals surface area contributed by atoms with Crippen molar-refractivity contribution >= 4 is 35.1 Å². The van der Waals surface area contributed by atoms with Crippen molar-refractivity contribution in [2.24, 2.45) is 0 Å². The molecular weight excluding hydrogens is 304 g/mol. The number of ether oxygens (including phenoxy) is 1. The van der Waals surface area contributed by atoms with Crippen LogP contribution in [0.5, 0.6) is 0 Å². The van der Waals surface area contributed by atoms with Crippen molar-refractivity contribution in [3.8, 4) is 0 Å². The van der Waals surface area contributed by atoms with Crippen LogP contribution in [0, 0.1) is 0 Å². The summed E-state index contributed by atoms with van der Waals surface area (Å²) in [5, 5.41) is 13.2. The van der Waals surface area contributed by atoms with Gasteiger partial charge in [0.2, 0.25) is 5.95 Å². The van der Waals surface area contributed by atoms with E-state index in [1.165, 1.54) is 0 Å². The minimum Gasteiger partial charge on any atom is -0.396 e. The number of nitrogens with zero attached hydrogens (tertiary/aromatic N) is 3. The lowest BCUT2D eigenvalue weighted by Gasteiger charge is -2.27. The summed E-state index contributed by atoms with van der Waals surface area (Å²) < 4.78 is 5.38. The third-order valence-corrected chi connectivity index (χ3v) is 3.51. The number of benzene rings is 1. The minimum absolute atomic E-state index is 0. The lowest BCUT2D eigenvalue weighted by Crippen LogP contribution is -2.37. The highest BCUT2D eigenvalue weighted by molar-refractivity contribution is 5.90. The molecule has 2 heterocycles. The Kier molecular flexibility index (Phi) is 6.18. The van der Waals surface area contributed by atoms with Crippen molar-refractivity contribution in [1.29, 1.82) is 0 Å². The second-order valence-electron chi connectivity index (χ2n) is 4.99. The first-order chi connectivity index (χ1) is 10.4. The standard InChI is InChI=1S/C15H20N4O2.ClH/c20-9-3-6-16-14-12-4-1-2-5-13(12)17-15(18-14)19-7-10-21-11-8-19;/h1-2,4-5,20H,3,6-11H2,(H,16,17,18);1H. The van der Waals surface area contributed by atoms with E-state index in [0.717, 1.165) is 35.8 Å². The number of fused-ring (bicyclic) bond motifs is 1. The number of morpholine rings is 1. The number of hydrogen-bond acceptors (Lipinski definition) is 6. The predicted molar refractivity (Wildman–Crippen MR) is 90.0 cm³/mol. The summed E-state index contributed by atoms with van der Waals surface area (Å²) in [6, 6.07) is 7.98. The average molecular weight is 325 g/mol. The number of rotatable bonds is 5. The number of nitrogens with one attached hydrogen (secondary N) is 1. The molecule has 0 spiro atoms. The lowest BCUT2D eigenvalue weighted by atomic mass is 10.2. The Balaban J connectivity index is 0.00000176. The number of halogens is 1. The molecule has 0 bridgehead atoms. The van der Waals surface area contributed by atoms with Crippen LogP contribution >= 0.6 is 12.4 Å². The van der Waals surface area contributed by atoms with Crippen LogP contribution in [0.15, 0.2) is 24.3 Å². The smallest absolute Gasteiger partial charge is 0.228 e. The van der Waals surface area contributed by atoms with Crippen LogP contribution < -0.4 is 10.2 Å². The van der Waals surface area contributed by atoms with Gasteiger partial charge in [-0.25, -0.2) is 4.98 Å². The fourth-order valence-electron chi connectivity index (χ4n) is 2.39. The molecule has 6 nitrogen and oxygen atoms in total. The van der Waals surface area contributed by atoms with Gasteiger partial charge in [0, 0.05) is 31.6 Å². The molecular formula is C15H21ClN4O2. The van der Waals surface area contributed by atoms with E-state index in [-0.39, 0.29) is 19.0 Å². The number of para-hydroxylation sites is 1. The third kappa shape index (κ3) is 3.76. The number of aliphatic hydroxyl groups excluding tert-OH is 1. The van der Waals surface area contributed by atoms with Gasteiger partial charge in [-0.15, -0.1) is 12.4 Å². The quantitative estimate of drug-likeness (QED) is 0.816. The fourth-order valence-corrected chi connectivity index (χ4v) is 2.39. The first-order valence-electron chi connectivity index (χ1n) is 7.32. The van der Waals surface area contributed by atoms with Crippen LogP contribution in [0.25, 0.3) is 10.9 Å². The highest BCUT2D eigenvalue weighted by atomic mass is 35.5. The Labute approximate surface area is 135 Å². The van der Waals surface area contributed by atoms with Gasteiger partial charge in [-0.05, 0) is 18.6 Å². The van der Waals surface area contributed by atoms with Crippen molar-refractivity contribution in [3.05, 3.63) is 24.3 Å². The van der Waals surface area contributed by atoms with Gasteiger partial charge < -0.3 is 20.1 Å². The van der Waals surface area contributed by atoms with E-state index in [9.17, 15) is 0 Å². The molecule has 0 amide bonds. The maximum atomic E-state index is 8.92. The molecule has 1 fully saturated rings. The third-order valence-electron chi connectivity index (χ3n) is 3.51. The highest BCUT2D eigenvalue weighted by Crippen LogP contribution is 2.23. The van der Waals surface area contributed by atoms with Crippen LogP contribution in [-0.4, -0.2) is 54.5 Å². The summed E-state index contributed by atoms with van der Waals surface area (Å²) in [4.78, 5) is 11.5. The van der Waals surface area contributed by atoms with Gasteiger partial charge >= 0.3 is 0 Å². The van der Waals surface area contributed by atoms with Crippen LogP contribution in [0.4, 0.5) is 11.8 Å². The normalized spacial score (nSPS) is 14.7. The number of aliphatic hydroxyl groups is 1. The molecule has 1 aromatic heterocycles. The average Bonchev–Trinajstić information content (AvgIpc) is 2.55. The molecule has 7 heteroatoms. The molecule has 0 atom stereocenters. The zero-order valence-corrected chi connectivity index (χ0v) is 13.2. The Morgan fingerprint density at radius 3 is 2.73 bits per heavy atom. The van der Waals surface area contributed by atoms with Gasteiger partial charge in [0.15, 0.2) is 0 Å². The van der Waals surface area contributed by atoms with Gasteiger partial charge in [0.1, 0.15) is 5.82 Å². The number of anilines is 2. The van der Waals surface area contributed by atoms with Gasteiger partial charge in [0.05, 0.1) is 18.7 Å². The van der Waals surface area contributed by atoms with E-state index in [0.29, 0.717) is 26.2 Å². The predicted octanol–water partition coefficient (Wildman–Crippen LogP) is 1.68. The highest BCUT2D eigenvalue weighted by Gasteiger charge is 2.16. The van der Waals surface area contributed by atoms with E-state index >= 15 is 0 Å². The summed E-state index contributed by atoms with van der Waals surface area (Å²) in [6.07, 6.45) is 0.700. The number of aromatic nitrogens is 2. The molecule has 0 aliphatic carbocycles. The van der Waals surface area contributed by atoms with Crippen LogP contribution in [0.2, 0.25) is 0 Å². The Morgan fingerprint density at radius 1 is 1.18 bits per heavy atom. The summed E-state index contributed by atoms with van der Waals surface area (Å²) in [5.41, 5.74) is 0.931. The molecule has 3 rings (SSSR count). The first kappa shape index (κ1) is 16.7. The van der Waals surface area contributed by atoms with Crippen LogP contribution in [0.3, 0.4) is 0 Å². The fraction of sp³-hybridized carbons (Fsp3) is 0.467. The largest absolute Gasteiger partial charge is 0.396 e. The zero-order chi connectivity index (χ0) is 14.5. The van der Waals surface area contributed by atoms with E-state index in [1.54, 1.807) is 0 Å². The summed E-state index contributed by atoms with van der Waals surface area (Å²) >= 11 is 0. The monoisotopic (exact) mass is 324 g/mol. The molecule has 2 N–H and O–H groups in total. The van der Waals surface area contributed by atoms with Crippen LogP contribution in [0.1, 0.15) is 6.42 Å². The molecule has 120 valence electrons. The maximum Gasteiger partial charge on any atom is 0.228 e. The lowest BCUT2D eigenvalue weighted by molar-refractivity contribution is 0.122. The van der Waals surface area contributed by atoms with Crippen molar-refractivity contribution < 1.29 is 9.84 Å². The molecule has 0 saturated carbocycles. The van der Waals surface area contributed by atoms with Crippen molar-refractivity contribution in [2.75, 3.05) is 49.7 Å². The van der Waals surface area contributed by atoms with E-state index < -0.39 is 0 Å². The van der Waals surface area contributed by atoms with E-state index in [1.807, 2.05) is 24.3 Å². The Hall–Kier alpha value is -1.63. The second-order valence-corrected chi connectivity index (χ2v) is 4.99. The minimum atomic E-state index is 0. The summed E-state index contributed by atoms with van der Waals surface area (Å²) in [5.74, 6) is 1.57. The molecule has 1 aromatic carbocycles. The SMILES string of the molecule is Cl.OCCCNc1nc(N2CCOCC2)nc2ccccc12. The molecule has 1 aliphatic rings. The summed E-state index contributed by atoms with van der Waals surface area (Å²) in [7, 11) is 0. The Bertz CT molecular complexity index is 605. The van der Waals surface area contributed by atoms with Crippen LogP contribution in [-0.2, 0) is 4.74 Å². The van der Waals surface area contributed by atoms with E-state index in [2.05, 4.69) is 20.2 Å². The van der Waals surface area contributed by atoms with Crippen molar-refractivity contribution in [1.82, 2.24) is 9.97 Å². The topological polar surface area (TPSA) is 70.5 Å². The summed E-state index contributed by atoms with van der Waals surface area (Å²) in [6.45, 7) is 3.92. The van der Waals surface area contributed by atoms with Gasteiger partial charge in [-0.3, -0.25) is 0 Å². The Morgan fingerprint density at radius 2 is 1.95 bits per heavy atom. The first-order valence-corrected chi connectivity index (χ1v) is 7.32. The molecule has 0 unspecified atom stereocenters. The van der Waals surface area contributed by atoms with Crippen molar-refractivity contribution in [3.63, 3.8) is 0 Å². The maximum absolute atomic E-state index is 8.92. The van der Waals surface area contributed by atoms with Gasteiger partial charge in [-0.2, -0.15) is 4.98 Å². The van der Waals surface area contributed by atoms with Crippen molar-refractivity contribution in [2.45, 2.75) is 6.42 Å². The zero-order valence-electron chi connectivity index (χ0n) is 12.4. The molecule has 1 aliphatic heterocycles. The molecule has 2 aromatic rings. The van der Waals surface area contributed by atoms with Gasteiger partial charge in [-0.1, -0.05) is 12.1 Å². The molecule has 22 heavy (non-hydrogen) atoms.